The molecule has 2 aromatic rings. The van der Waals surface area contributed by atoms with E-state index in [1.54, 1.807) is 10.6 Å². The highest BCUT2D eigenvalue weighted by molar-refractivity contribution is 7.80. The molecule has 0 atom stereocenters. The molecule has 122 valence electrons. The summed E-state index contributed by atoms with van der Waals surface area (Å²) in [6.45, 7) is 5.87. The Hall–Kier alpha value is -2.25. The van der Waals surface area contributed by atoms with Crippen LogP contribution in [0.4, 0.5) is 5.69 Å². The minimum Gasteiger partial charge on any atom is -0.493 e. The zero-order valence-electron chi connectivity index (χ0n) is 13.4. The third-order valence-corrected chi connectivity index (χ3v) is 3.60. The lowest BCUT2D eigenvalue weighted by Gasteiger charge is -2.07. The predicted octanol–water partition coefficient (Wildman–Crippen LogP) is 1.64. The second-order valence-corrected chi connectivity index (χ2v) is 5.86. The molecule has 3 N–H and O–H groups in total. The normalized spacial score (nSPS) is 11.4. The largest absolute Gasteiger partial charge is 0.493 e. The van der Waals surface area contributed by atoms with E-state index in [9.17, 15) is 5.11 Å². The summed E-state index contributed by atoms with van der Waals surface area (Å²) >= 11 is 5.14. The van der Waals surface area contributed by atoms with E-state index < -0.39 is 0 Å². The van der Waals surface area contributed by atoms with Crippen molar-refractivity contribution >= 4 is 33.9 Å². The van der Waals surface area contributed by atoms with Crippen molar-refractivity contribution in [2.45, 2.75) is 6.54 Å². The lowest BCUT2D eigenvalue weighted by molar-refractivity contribution is -0.856. The zero-order chi connectivity index (χ0) is 16.8. The van der Waals surface area contributed by atoms with Gasteiger partial charge in [0.05, 0.1) is 32.7 Å². The highest BCUT2D eigenvalue weighted by atomic mass is 32.1. The fourth-order valence-electron chi connectivity index (χ4n) is 2.23. The average molecular weight is 332 g/mol. The standard InChI is InChI=1S/C16H21N5OS/c1-4-10-21-13-8-6-5-7-12(13)14(15(21)22)18-19-16(23)17-9-11-20(2)3/h4-8,22H,1,9-11H2,2-3H3,(H,17,23)/p+1. The Morgan fingerprint density at radius 3 is 2.87 bits per heavy atom. The number of azo groups is 1. The third kappa shape index (κ3) is 4.14. The summed E-state index contributed by atoms with van der Waals surface area (Å²) in [6.07, 6.45) is 1.73. The number of allylic oxidation sites excluding steroid dienone is 1. The molecule has 0 bridgehead atoms. The van der Waals surface area contributed by atoms with Gasteiger partial charge in [0.2, 0.25) is 11.0 Å². The first-order chi connectivity index (χ1) is 11.0. The fraction of sp³-hybridized carbons (Fsp3) is 0.312. The lowest BCUT2D eigenvalue weighted by atomic mass is 10.2. The molecule has 0 aliphatic heterocycles. The number of nitrogens with one attached hydrogen (secondary N) is 2. The number of aromatic hydroxyl groups is 1. The van der Waals surface area contributed by atoms with E-state index in [1.807, 2.05) is 24.3 Å². The second-order valence-electron chi connectivity index (χ2n) is 5.48. The number of thiocarbonyl (C=S) groups is 1. The van der Waals surface area contributed by atoms with Crippen LogP contribution in [-0.2, 0) is 6.54 Å². The van der Waals surface area contributed by atoms with Gasteiger partial charge in [-0.05, 0) is 18.3 Å². The Labute approximate surface area is 141 Å². The van der Waals surface area contributed by atoms with Gasteiger partial charge in [-0.25, -0.2) is 0 Å². The van der Waals surface area contributed by atoms with Crippen molar-refractivity contribution < 1.29 is 10.0 Å². The number of aromatic nitrogens is 1. The molecule has 0 saturated carbocycles. The van der Waals surface area contributed by atoms with Gasteiger partial charge in [-0.3, -0.25) is 0 Å². The molecule has 2 rings (SSSR count). The van der Waals surface area contributed by atoms with Gasteiger partial charge in [0, 0.05) is 11.9 Å². The summed E-state index contributed by atoms with van der Waals surface area (Å²) in [5.41, 5.74) is 1.30. The summed E-state index contributed by atoms with van der Waals surface area (Å²) in [6, 6.07) is 7.64. The molecule has 7 heteroatoms. The van der Waals surface area contributed by atoms with Crippen LogP contribution in [0.15, 0.2) is 47.1 Å². The Bertz CT molecular complexity index is 735. The molecule has 0 spiro atoms. The molecule has 0 unspecified atom stereocenters. The van der Waals surface area contributed by atoms with Crippen molar-refractivity contribution in [1.29, 1.82) is 0 Å². The number of benzene rings is 1. The Balaban J connectivity index is 2.22. The van der Waals surface area contributed by atoms with Crippen LogP contribution < -0.4 is 10.2 Å². The summed E-state index contributed by atoms with van der Waals surface area (Å²) in [4.78, 5) is 1.32. The van der Waals surface area contributed by atoms with E-state index in [0.717, 1.165) is 24.0 Å². The Morgan fingerprint density at radius 1 is 1.43 bits per heavy atom. The van der Waals surface area contributed by atoms with Gasteiger partial charge in [0.15, 0.2) is 5.69 Å². The SMILES string of the molecule is C=CCn1c(O)c(N=NC(=S)NCC[NH+](C)C)c2ccccc21. The summed E-state index contributed by atoms with van der Waals surface area (Å²) in [5, 5.41) is 22.7. The number of rotatable bonds is 6. The van der Waals surface area contributed by atoms with Gasteiger partial charge in [-0.1, -0.05) is 24.3 Å². The molecule has 0 aliphatic rings. The molecule has 0 fully saturated rings. The summed E-state index contributed by atoms with van der Waals surface area (Å²) in [5.74, 6) is 0.0652. The molecular formula is C16H22N5OS+. The maximum absolute atomic E-state index is 10.4. The number of quaternary nitrogens is 1. The lowest BCUT2D eigenvalue weighted by Crippen LogP contribution is -3.06. The van der Waals surface area contributed by atoms with Gasteiger partial charge >= 0.3 is 0 Å². The maximum atomic E-state index is 10.4. The number of likely N-dealkylation sites (N-methyl/N-ethyl adjacent to an activating group) is 1. The van der Waals surface area contributed by atoms with Crippen LogP contribution in [0.2, 0.25) is 0 Å². The first-order valence-corrected chi connectivity index (χ1v) is 7.85. The van der Waals surface area contributed by atoms with E-state index in [0.29, 0.717) is 17.3 Å². The predicted molar refractivity (Wildman–Crippen MR) is 96.6 cm³/mol. The number of para-hydroxylation sites is 1. The monoisotopic (exact) mass is 332 g/mol. The maximum Gasteiger partial charge on any atom is 0.221 e. The van der Waals surface area contributed by atoms with Crippen molar-refractivity contribution in [3.05, 3.63) is 36.9 Å². The van der Waals surface area contributed by atoms with Gasteiger partial charge in [0.25, 0.3) is 0 Å². The van der Waals surface area contributed by atoms with Crippen molar-refractivity contribution in [3.63, 3.8) is 0 Å². The quantitative estimate of drug-likeness (QED) is 0.428. The van der Waals surface area contributed by atoms with Crippen LogP contribution in [0.25, 0.3) is 10.9 Å². The minimum atomic E-state index is 0.0652. The Morgan fingerprint density at radius 2 is 2.17 bits per heavy atom. The third-order valence-electron chi connectivity index (χ3n) is 3.37. The van der Waals surface area contributed by atoms with E-state index in [2.05, 4.69) is 36.2 Å². The summed E-state index contributed by atoms with van der Waals surface area (Å²) in [7, 11) is 4.14. The Kier molecular flexibility index (Phi) is 5.84. The first-order valence-electron chi connectivity index (χ1n) is 7.44. The molecule has 0 aliphatic carbocycles. The zero-order valence-corrected chi connectivity index (χ0v) is 14.2. The van der Waals surface area contributed by atoms with E-state index in [4.69, 9.17) is 12.2 Å². The van der Waals surface area contributed by atoms with Crippen LogP contribution in [0.3, 0.4) is 0 Å². The van der Waals surface area contributed by atoms with Crippen molar-refractivity contribution in [1.82, 2.24) is 9.88 Å². The molecule has 1 aromatic carbocycles. The van der Waals surface area contributed by atoms with Crippen molar-refractivity contribution in [2.75, 3.05) is 27.2 Å². The van der Waals surface area contributed by atoms with Gasteiger partial charge in [-0.15, -0.1) is 16.8 Å². The molecule has 0 amide bonds. The number of hydrogen-bond acceptors (Lipinski definition) is 3. The number of hydrogen-bond donors (Lipinski definition) is 3. The van der Waals surface area contributed by atoms with Crippen LogP contribution in [0.1, 0.15) is 0 Å². The molecule has 0 saturated heterocycles. The van der Waals surface area contributed by atoms with Crippen LogP contribution >= 0.6 is 12.2 Å². The smallest absolute Gasteiger partial charge is 0.221 e. The highest BCUT2D eigenvalue weighted by Crippen LogP contribution is 2.38. The molecular weight excluding hydrogens is 310 g/mol. The summed E-state index contributed by atoms with van der Waals surface area (Å²) < 4.78 is 1.74. The van der Waals surface area contributed by atoms with Crippen LogP contribution in [0, 0.1) is 0 Å². The van der Waals surface area contributed by atoms with Crippen molar-refractivity contribution in [2.24, 2.45) is 10.2 Å². The molecule has 23 heavy (non-hydrogen) atoms. The molecule has 6 nitrogen and oxygen atoms in total. The van der Waals surface area contributed by atoms with Gasteiger partial charge < -0.3 is 19.9 Å². The van der Waals surface area contributed by atoms with Gasteiger partial charge in [-0.2, -0.15) is 0 Å². The molecule has 1 heterocycles. The minimum absolute atomic E-state index is 0.0652. The average Bonchev–Trinajstić information content (AvgIpc) is 2.78. The van der Waals surface area contributed by atoms with E-state index in [1.165, 1.54) is 4.90 Å². The first kappa shape index (κ1) is 17.1. The van der Waals surface area contributed by atoms with Crippen LogP contribution in [-0.4, -0.2) is 42.0 Å². The van der Waals surface area contributed by atoms with Crippen molar-refractivity contribution in [3.8, 4) is 5.88 Å². The second kappa shape index (κ2) is 7.85. The van der Waals surface area contributed by atoms with E-state index >= 15 is 0 Å². The number of nitrogens with zero attached hydrogens (tertiary/aromatic N) is 3. The van der Waals surface area contributed by atoms with E-state index in [-0.39, 0.29) is 5.88 Å². The van der Waals surface area contributed by atoms with Gasteiger partial charge in [0.1, 0.15) is 0 Å². The fourth-order valence-corrected chi connectivity index (χ4v) is 2.38. The topological polar surface area (TPSA) is 66.3 Å². The molecule has 0 radical (unpaired) electrons. The highest BCUT2D eigenvalue weighted by Gasteiger charge is 2.15. The molecule has 1 aromatic heterocycles. The number of fused-ring (bicyclic) bond motifs is 1. The van der Waals surface area contributed by atoms with Crippen LogP contribution in [0.5, 0.6) is 5.88 Å².